The van der Waals surface area contributed by atoms with Gasteiger partial charge >= 0.3 is 0 Å². The molecule has 3 rings (SSSR count). The maximum absolute atomic E-state index is 12.0. The number of fused-ring (bicyclic) bond motifs is 1. The number of nitrogens with zero attached hydrogens (tertiary/aromatic N) is 1. The standard InChI is InChI=1S/C16H15NO/c1-12-16(13-7-3-2-4-8-13)15-10-6-5-9-14(15)11-17(12)18/h2-12,16H,1H3/t12-,16+/m1/s1. The van der Waals surface area contributed by atoms with E-state index in [4.69, 9.17) is 0 Å². The predicted octanol–water partition coefficient (Wildman–Crippen LogP) is 3.15. The van der Waals surface area contributed by atoms with Gasteiger partial charge in [-0.1, -0.05) is 48.5 Å². The van der Waals surface area contributed by atoms with Crippen LogP contribution in [0.5, 0.6) is 0 Å². The molecule has 0 fully saturated rings. The van der Waals surface area contributed by atoms with Crippen molar-refractivity contribution in [2.75, 3.05) is 0 Å². The second-order valence-electron chi connectivity index (χ2n) is 4.75. The topological polar surface area (TPSA) is 26.1 Å². The molecule has 1 heterocycles. The molecule has 0 spiro atoms. The highest BCUT2D eigenvalue weighted by Crippen LogP contribution is 2.33. The lowest BCUT2D eigenvalue weighted by atomic mass is 9.82. The van der Waals surface area contributed by atoms with Crippen molar-refractivity contribution < 1.29 is 4.74 Å². The summed E-state index contributed by atoms with van der Waals surface area (Å²) >= 11 is 0. The minimum Gasteiger partial charge on any atom is -0.624 e. The van der Waals surface area contributed by atoms with Crippen molar-refractivity contribution in [3.05, 3.63) is 76.5 Å². The van der Waals surface area contributed by atoms with E-state index < -0.39 is 0 Å². The third kappa shape index (κ3) is 1.70. The largest absolute Gasteiger partial charge is 0.624 e. The number of hydrogen-bond acceptors (Lipinski definition) is 1. The molecular formula is C16H15NO. The lowest BCUT2D eigenvalue weighted by molar-refractivity contribution is -0.496. The highest BCUT2D eigenvalue weighted by molar-refractivity contribution is 5.80. The van der Waals surface area contributed by atoms with Crippen molar-refractivity contribution in [3.8, 4) is 0 Å². The summed E-state index contributed by atoms with van der Waals surface area (Å²) in [7, 11) is 0. The number of hydroxylamine groups is 1. The van der Waals surface area contributed by atoms with Gasteiger partial charge in [-0.25, -0.2) is 4.74 Å². The van der Waals surface area contributed by atoms with Crippen molar-refractivity contribution in [3.63, 3.8) is 0 Å². The lowest BCUT2D eigenvalue weighted by Crippen LogP contribution is -2.32. The summed E-state index contributed by atoms with van der Waals surface area (Å²) in [5, 5.41) is 12.0. The fourth-order valence-electron chi connectivity index (χ4n) is 2.69. The maximum Gasteiger partial charge on any atom is 0.182 e. The molecule has 1 aliphatic heterocycles. The third-order valence-corrected chi connectivity index (χ3v) is 3.64. The van der Waals surface area contributed by atoms with E-state index in [-0.39, 0.29) is 12.0 Å². The van der Waals surface area contributed by atoms with Gasteiger partial charge < -0.3 is 5.21 Å². The van der Waals surface area contributed by atoms with Crippen LogP contribution < -0.4 is 0 Å². The Morgan fingerprint density at radius 3 is 2.39 bits per heavy atom. The van der Waals surface area contributed by atoms with Crippen LogP contribution in [0.15, 0.2) is 54.6 Å². The van der Waals surface area contributed by atoms with Crippen molar-refractivity contribution in [2.45, 2.75) is 18.9 Å². The third-order valence-electron chi connectivity index (χ3n) is 3.64. The summed E-state index contributed by atoms with van der Waals surface area (Å²) in [5.41, 5.74) is 3.47. The fraction of sp³-hybridized carbons (Fsp3) is 0.188. The van der Waals surface area contributed by atoms with E-state index in [9.17, 15) is 5.21 Å². The smallest absolute Gasteiger partial charge is 0.182 e. The van der Waals surface area contributed by atoms with E-state index in [0.717, 1.165) is 10.3 Å². The van der Waals surface area contributed by atoms with Crippen LogP contribution in [0.25, 0.3) is 0 Å². The minimum absolute atomic E-state index is 0.0673. The average Bonchev–Trinajstić information content (AvgIpc) is 2.41. The maximum atomic E-state index is 12.0. The summed E-state index contributed by atoms with van der Waals surface area (Å²) in [6, 6.07) is 18.3. The first-order valence-corrected chi connectivity index (χ1v) is 6.21. The number of benzene rings is 2. The van der Waals surface area contributed by atoms with Crippen LogP contribution in [0.1, 0.15) is 29.5 Å². The summed E-state index contributed by atoms with van der Waals surface area (Å²) in [6.07, 6.45) is 1.69. The molecule has 0 aromatic heterocycles. The molecule has 1 aliphatic rings. The van der Waals surface area contributed by atoms with Gasteiger partial charge in [0.05, 0.1) is 5.92 Å². The Morgan fingerprint density at radius 2 is 1.61 bits per heavy atom. The Balaban J connectivity index is 2.17. The summed E-state index contributed by atoms with van der Waals surface area (Å²) in [4.78, 5) is 0. The Kier molecular flexibility index (Phi) is 2.63. The van der Waals surface area contributed by atoms with Gasteiger partial charge in [0.15, 0.2) is 12.3 Å². The number of rotatable bonds is 1. The predicted molar refractivity (Wildman–Crippen MR) is 73.0 cm³/mol. The van der Waals surface area contributed by atoms with Crippen LogP contribution in [0.4, 0.5) is 0 Å². The molecule has 2 aromatic carbocycles. The first kappa shape index (κ1) is 11.0. The Morgan fingerprint density at radius 1 is 0.944 bits per heavy atom. The van der Waals surface area contributed by atoms with Gasteiger partial charge in [0, 0.05) is 5.56 Å². The molecule has 2 atom stereocenters. The molecule has 0 unspecified atom stereocenters. The van der Waals surface area contributed by atoms with Crippen LogP contribution in [0.3, 0.4) is 0 Å². The van der Waals surface area contributed by atoms with E-state index in [2.05, 4.69) is 18.2 Å². The zero-order chi connectivity index (χ0) is 12.5. The zero-order valence-corrected chi connectivity index (χ0v) is 10.3. The molecule has 0 radical (unpaired) electrons. The number of hydrogen-bond donors (Lipinski definition) is 0. The Hall–Kier alpha value is -2.09. The van der Waals surface area contributed by atoms with E-state index in [1.807, 2.05) is 43.3 Å². The fourth-order valence-corrected chi connectivity index (χ4v) is 2.69. The second kappa shape index (κ2) is 4.30. The average molecular weight is 237 g/mol. The van der Waals surface area contributed by atoms with E-state index >= 15 is 0 Å². The summed E-state index contributed by atoms with van der Waals surface area (Å²) < 4.78 is 1.07. The molecule has 2 aromatic rings. The monoisotopic (exact) mass is 237 g/mol. The van der Waals surface area contributed by atoms with Crippen molar-refractivity contribution in [1.29, 1.82) is 0 Å². The molecule has 18 heavy (non-hydrogen) atoms. The quantitative estimate of drug-likeness (QED) is 0.552. The normalized spacial score (nSPS) is 22.2. The van der Waals surface area contributed by atoms with Crippen LogP contribution >= 0.6 is 0 Å². The SMILES string of the molecule is C[C@@H]1[C@@H](c2ccccc2)c2ccccc2C=[N+]1[O-]. The highest BCUT2D eigenvalue weighted by atomic mass is 16.5. The van der Waals surface area contributed by atoms with Gasteiger partial charge in [-0.15, -0.1) is 0 Å². The van der Waals surface area contributed by atoms with Gasteiger partial charge in [0.1, 0.15) is 0 Å². The van der Waals surface area contributed by atoms with Crippen molar-refractivity contribution >= 4 is 6.21 Å². The van der Waals surface area contributed by atoms with Crippen LogP contribution in [0.2, 0.25) is 0 Å². The first-order chi connectivity index (χ1) is 8.77. The molecule has 0 saturated carbocycles. The first-order valence-electron chi connectivity index (χ1n) is 6.21. The molecule has 90 valence electrons. The molecule has 0 saturated heterocycles. The summed E-state index contributed by atoms with van der Waals surface area (Å²) in [5.74, 6) is 0.143. The van der Waals surface area contributed by atoms with E-state index in [0.29, 0.717) is 0 Å². The van der Waals surface area contributed by atoms with Crippen molar-refractivity contribution in [1.82, 2.24) is 0 Å². The van der Waals surface area contributed by atoms with Gasteiger partial charge in [0.25, 0.3) is 0 Å². The molecule has 0 amide bonds. The van der Waals surface area contributed by atoms with Crippen LogP contribution in [-0.2, 0) is 0 Å². The Labute approximate surface area is 107 Å². The van der Waals surface area contributed by atoms with Gasteiger partial charge in [-0.05, 0) is 24.1 Å². The lowest BCUT2D eigenvalue weighted by Gasteiger charge is -2.28. The molecule has 2 nitrogen and oxygen atoms in total. The van der Waals surface area contributed by atoms with E-state index in [1.54, 1.807) is 6.21 Å². The molecule has 0 aliphatic carbocycles. The van der Waals surface area contributed by atoms with Gasteiger partial charge in [-0.3, -0.25) is 0 Å². The molecular weight excluding hydrogens is 222 g/mol. The van der Waals surface area contributed by atoms with Crippen LogP contribution in [-0.4, -0.2) is 17.0 Å². The minimum atomic E-state index is -0.0673. The van der Waals surface area contributed by atoms with E-state index in [1.165, 1.54) is 11.1 Å². The molecule has 0 bridgehead atoms. The van der Waals surface area contributed by atoms with Gasteiger partial charge in [-0.2, -0.15) is 0 Å². The Bertz CT molecular complexity index is 589. The molecule has 2 heteroatoms. The summed E-state index contributed by atoms with van der Waals surface area (Å²) in [6.45, 7) is 1.98. The van der Waals surface area contributed by atoms with Crippen molar-refractivity contribution in [2.24, 2.45) is 0 Å². The zero-order valence-electron chi connectivity index (χ0n) is 10.3. The highest BCUT2D eigenvalue weighted by Gasteiger charge is 2.32. The second-order valence-corrected chi connectivity index (χ2v) is 4.75. The van der Waals surface area contributed by atoms with Crippen LogP contribution in [0, 0.1) is 5.21 Å². The van der Waals surface area contributed by atoms with Gasteiger partial charge in [0.2, 0.25) is 0 Å². The molecule has 0 N–H and O–H groups in total.